The molecule has 2 saturated carbocycles. The van der Waals surface area contributed by atoms with Gasteiger partial charge in [0.25, 0.3) is 0 Å². The molecule has 3 nitrogen and oxygen atoms in total. The Labute approximate surface area is 110 Å². The molecule has 0 aromatic carbocycles. The van der Waals surface area contributed by atoms with Crippen LogP contribution >= 0.6 is 0 Å². The summed E-state index contributed by atoms with van der Waals surface area (Å²) in [7, 11) is 0. The Morgan fingerprint density at radius 1 is 1.11 bits per heavy atom. The van der Waals surface area contributed by atoms with Gasteiger partial charge in [-0.2, -0.15) is 0 Å². The molecule has 3 fully saturated rings. The highest BCUT2D eigenvalue weighted by molar-refractivity contribution is 5.84. The van der Waals surface area contributed by atoms with E-state index in [9.17, 15) is 4.79 Å². The normalized spacial score (nSPS) is 31.6. The Balaban J connectivity index is 1.71. The third-order valence-corrected chi connectivity index (χ3v) is 5.66. The number of rotatable bonds is 3. The summed E-state index contributed by atoms with van der Waals surface area (Å²) in [6.07, 6.45) is 11.1. The molecule has 3 aliphatic rings. The standard InChI is InChI=1S/C15H26N2O/c16-11-15(8-4-9-15)14(18)17-10-3-7-13(17)12-5-1-2-6-12/h12-13H,1-11,16H2. The van der Waals surface area contributed by atoms with Gasteiger partial charge < -0.3 is 10.6 Å². The first-order valence-electron chi connectivity index (χ1n) is 7.78. The Hall–Kier alpha value is -0.570. The van der Waals surface area contributed by atoms with Gasteiger partial charge in [-0.15, -0.1) is 0 Å². The smallest absolute Gasteiger partial charge is 0.230 e. The highest BCUT2D eigenvalue weighted by atomic mass is 16.2. The fourth-order valence-corrected chi connectivity index (χ4v) is 4.29. The van der Waals surface area contributed by atoms with E-state index in [2.05, 4.69) is 4.90 Å². The third kappa shape index (κ3) is 1.87. The van der Waals surface area contributed by atoms with Crippen LogP contribution in [0.3, 0.4) is 0 Å². The summed E-state index contributed by atoms with van der Waals surface area (Å²) in [6, 6.07) is 0.545. The summed E-state index contributed by atoms with van der Waals surface area (Å²) < 4.78 is 0. The van der Waals surface area contributed by atoms with Crippen molar-refractivity contribution in [2.75, 3.05) is 13.1 Å². The molecule has 1 unspecified atom stereocenters. The molecular formula is C15H26N2O. The first-order valence-corrected chi connectivity index (χ1v) is 7.78. The SMILES string of the molecule is NCC1(C(=O)N2CCCC2C2CCCC2)CCC1. The Morgan fingerprint density at radius 2 is 1.83 bits per heavy atom. The summed E-state index contributed by atoms with van der Waals surface area (Å²) in [5.41, 5.74) is 5.72. The predicted molar refractivity (Wildman–Crippen MR) is 72.0 cm³/mol. The Morgan fingerprint density at radius 3 is 2.39 bits per heavy atom. The van der Waals surface area contributed by atoms with Gasteiger partial charge in [-0.25, -0.2) is 0 Å². The summed E-state index contributed by atoms with van der Waals surface area (Å²) in [5, 5.41) is 0. The van der Waals surface area contributed by atoms with Gasteiger partial charge in [0.15, 0.2) is 0 Å². The van der Waals surface area contributed by atoms with E-state index in [0.717, 1.165) is 25.3 Å². The zero-order valence-corrected chi connectivity index (χ0v) is 11.4. The molecule has 1 atom stereocenters. The minimum Gasteiger partial charge on any atom is -0.339 e. The second-order valence-corrected chi connectivity index (χ2v) is 6.59. The fraction of sp³-hybridized carbons (Fsp3) is 0.933. The molecule has 0 spiro atoms. The van der Waals surface area contributed by atoms with Gasteiger partial charge in [0.2, 0.25) is 5.91 Å². The molecule has 3 rings (SSSR count). The number of carbonyl (C=O) groups is 1. The molecule has 102 valence electrons. The van der Waals surface area contributed by atoms with E-state index in [1.165, 1.54) is 44.9 Å². The van der Waals surface area contributed by atoms with Crippen molar-refractivity contribution in [3.05, 3.63) is 0 Å². The van der Waals surface area contributed by atoms with Gasteiger partial charge in [-0.1, -0.05) is 19.3 Å². The van der Waals surface area contributed by atoms with Crippen LogP contribution in [0.4, 0.5) is 0 Å². The largest absolute Gasteiger partial charge is 0.339 e. The molecule has 1 heterocycles. The van der Waals surface area contributed by atoms with Crippen molar-refractivity contribution in [3.63, 3.8) is 0 Å². The number of hydrogen-bond acceptors (Lipinski definition) is 2. The molecule has 3 heteroatoms. The first-order chi connectivity index (χ1) is 8.77. The lowest BCUT2D eigenvalue weighted by atomic mass is 9.67. The molecular weight excluding hydrogens is 224 g/mol. The third-order valence-electron chi connectivity index (χ3n) is 5.66. The molecule has 1 saturated heterocycles. The summed E-state index contributed by atoms with van der Waals surface area (Å²) >= 11 is 0. The van der Waals surface area contributed by atoms with Gasteiger partial charge in [0.1, 0.15) is 0 Å². The number of carbonyl (C=O) groups excluding carboxylic acids is 1. The van der Waals surface area contributed by atoms with Crippen LogP contribution in [0.2, 0.25) is 0 Å². The van der Waals surface area contributed by atoms with Crippen LogP contribution in [-0.4, -0.2) is 29.9 Å². The fourth-order valence-electron chi connectivity index (χ4n) is 4.29. The van der Waals surface area contributed by atoms with Crippen LogP contribution in [0.25, 0.3) is 0 Å². The Kier molecular flexibility index (Phi) is 3.35. The van der Waals surface area contributed by atoms with Gasteiger partial charge >= 0.3 is 0 Å². The van der Waals surface area contributed by atoms with Gasteiger partial charge in [-0.05, 0) is 44.4 Å². The second kappa shape index (κ2) is 4.84. The average molecular weight is 250 g/mol. The van der Waals surface area contributed by atoms with Crippen LogP contribution in [0, 0.1) is 11.3 Å². The van der Waals surface area contributed by atoms with Crippen LogP contribution in [0.5, 0.6) is 0 Å². The van der Waals surface area contributed by atoms with Crippen molar-refractivity contribution in [2.45, 2.75) is 63.8 Å². The maximum atomic E-state index is 12.8. The van der Waals surface area contributed by atoms with Crippen LogP contribution < -0.4 is 5.73 Å². The predicted octanol–water partition coefficient (Wildman–Crippen LogP) is 2.30. The zero-order valence-electron chi connectivity index (χ0n) is 11.4. The number of amides is 1. The highest BCUT2D eigenvalue weighted by Crippen LogP contribution is 2.44. The zero-order chi connectivity index (χ0) is 12.6. The lowest BCUT2D eigenvalue weighted by Crippen LogP contribution is -2.54. The van der Waals surface area contributed by atoms with Crippen molar-refractivity contribution < 1.29 is 4.79 Å². The van der Waals surface area contributed by atoms with E-state index in [1.807, 2.05) is 0 Å². The molecule has 0 radical (unpaired) electrons. The van der Waals surface area contributed by atoms with E-state index < -0.39 is 0 Å². The van der Waals surface area contributed by atoms with Gasteiger partial charge in [0.05, 0.1) is 5.41 Å². The second-order valence-electron chi connectivity index (χ2n) is 6.59. The number of likely N-dealkylation sites (tertiary alicyclic amines) is 1. The number of nitrogens with zero attached hydrogens (tertiary/aromatic N) is 1. The van der Waals surface area contributed by atoms with E-state index in [-0.39, 0.29) is 5.41 Å². The molecule has 0 aromatic heterocycles. The van der Waals surface area contributed by atoms with Crippen molar-refractivity contribution in [1.29, 1.82) is 0 Å². The topological polar surface area (TPSA) is 46.3 Å². The van der Waals surface area contributed by atoms with E-state index in [0.29, 0.717) is 18.5 Å². The van der Waals surface area contributed by atoms with Crippen molar-refractivity contribution >= 4 is 5.91 Å². The minimum atomic E-state index is -0.165. The van der Waals surface area contributed by atoms with Gasteiger partial charge in [0, 0.05) is 19.1 Å². The van der Waals surface area contributed by atoms with E-state index in [4.69, 9.17) is 5.73 Å². The monoisotopic (exact) mass is 250 g/mol. The van der Waals surface area contributed by atoms with Crippen LogP contribution in [0.1, 0.15) is 57.8 Å². The molecule has 2 aliphatic carbocycles. The first kappa shape index (κ1) is 12.5. The summed E-state index contributed by atoms with van der Waals surface area (Å²) in [6.45, 7) is 1.54. The maximum Gasteiger partial charge on any atom is 0.230 e. The average Bonchev–Trinajstić information content (AvgIpc) is 2.99. The van der Waals surface area contributed by atoms with Crippen molar-refractivity contribution in [1.82, 2.24) is 4.90 Å². The molecule has 1 amide bonds. The molecule has 2 N–H and O–H groups in total. The molecule has 18 heavy (non-hydrogen) atoms. The lowest BCUT2D eigenvalue weighted by Gasteiger charge is -2.44. The van der Waals surface area contributed by atoms with Crippen molar-refractivity contribution in [3.8, 4) is 0 Å². The number of hydrogen-bond donors (Lipinski definition) is 1. The maximum absolute atomic E-state index is 12.8. The summed E-state index contributed by atoms with van der Waals surface area (Å²) in [4.78, 5) is 15.0. The number of nitrogens with two attached hydrogens (primary N) is 1. The highest BCUT2D eigenvalue weighted by Gasteiger charge is 2.48. The van der Waals surface area contributed by atoms with Gasteiger partial charge in [-0.3, -0.25) is 4.79 Å². The van der Waals surface area contributed by atoms with Crippen molar-refractivity contribution in [2.24, 2.45) is 17.1 Å². The van der Waals surface area contributed by atoms with Crippen LogP contribution in [-0.2, 0) is 4.79 Å². The Bertz CT molecular complexity index is 313. The lowest BCUT2D eigenvalue weighted by molar-refractivity contribution is -0.148. The minimum absolute atomic E-state index is 0.165. The molecule has 1 aliphatic heterocycles. The van der Waals surface area contributed by atoms with E-state index >= 15 is 0 Å². The molecule has 0 aromatic rings. The summed E-state index contributed by atoms with van der Waals surface area (Å²) in [5.74, 6) is 1.18. The van der Waals surface area contributed by atoms with Crippen LogP contribution in [0.15, 0.2) is 0 Å². The quantitative estimate of drug-likeness (QED) is 0.835. The van der Waals surface area contributed by atoms with E-state index in [1.54, 1.807) is 0 Å². The molecule has 0 bridgehead atoms.